The summed E-state index contributed by atoms with van der Waals surface area (Å²) >= 11 is 0. The maximum Gasteiger partial charge on any atom is 0.339 e. The number of nitrogens with zero attached hydrogens (tertiary/aromatic N) is 1. The Hall–Kier alpha value is -1.77. The highest BCUT2D eigenvalue weighted by Gasteiger charge is 2.11. The quantitative estimate of drug-likeness (QED) is 0.789. The maximum absolute atomic E-state index is 11.9. The fourth-order valence-corrected chi connectivity index (χ4v) is 2.46. The number of aryl methyl sites for hydroxylation is 1. The Morgan fingerprint density at radius 1 is 1.26 bits per heavy atom. The van der Waals surface area contributed by atoms with Crippen LogP contribution in [0.2, 0.25) is 0 Å². The van der Waals surface area contributed by atoms with Crippen LogP contribution in [0.1, 0.15) is 25.0 Å². The van der Waals surface area contributed by atoms with E-state index in [0.29, 0.717) is 17.6 Å². The van der Waals surface area contributed by atoms with Gasteiger partial charge in [-0.25, -0.2) is 4.79 Å². The van der Waals surface area contributed by atoms with Gasteiger partial charge in [0.05, 0.1) is 0 Å². The summed E-state index contributed by atoms with van der Waals surface area (Å²) in [5, 5.41) is 0.995. The first kappa shape index (κ1) is 13.7. The van der Waals surface area contributed by atoms with E-state index >= 15 is 0 Å². The van der Waals surface area contributed by atoms with E-state index in [1.807, 2.05) is 19.1 Å². The largest absolute Gasteiger partial charge is 0.422 e. The minimum absolute atomic E-state index is 0.267. The van der Waals surface area contributed by atoms with Crippen LogP contribution < -0.4 is 10.5 Å². The first-order valence-electron chi connectivity index (χ1n) is 6.72. The van der Waals surface area contributed by atoms with Crippen molar-refractivity contribution in [2.45, 2.75) is 27.2 Å². The molecular formula is C16H20NO2. The molecule has 0 amide bonds. The predicted molar refractivity (Wildman–Crippen MR) is 79.8 cm³/mol. The average molecular weight is 258 g/mol. The van der Waals surface area contributed by atoms with Crippen LogP contribution >= 0.6 is 0 Å². The summed E-state index contributed by atoms with van der Waals surface area (Å²) in [5.41, 5.74) is 3.12. The van der Waals surface area contributed by atoms with E-state index in [1.165, 1.54) is 0 Å². The Balaban J connectivity index is 2.65. The summed E-state index contributed by atoms with van der Waals surface area (Å²) in [6.45, 7) is 11.8. The predicted octanol–water partition coefficient (Wildman–Crippen LogP) is 3.32. The van der Waals surface area contributed by atoms with Crippen molar-refractivity contribution < 1.29 is 4.42 Å². The molecule has 0 spiro atoms. The molecule has 0 N–H and O–H groups in total. The van der Waals surface area contributed by atoms with E-state index in [1.54, 1.807) is 0 Å². The average Bonchev–Trinajstić information content (AvgIpc) is 2.40. The third-order valence-electron chi connectivity index (χ3n) is 3.65. The molecule has 1 aromatic carbocycles. The molecule has 2 aromatic rings. The Bertz CT molecular complexity index is 639. The molecule has 0 saturated carbocycles. The summed E-state index contributed by atoms with van der Waals surface area (Å²) in [6, 6.07) is 6.05. The van der Waals surface area contributed by atoms with E-state index in [2.05, 4.69) is 31.7 Å². The summed E-state index contributed by atoms with van der Waals surface area (Å²) in [4.78, 5) is 14.1. The minimum atomic E-state index is -0.267. The van der Waals surface area contributed by atoms with Gasteiger partial charge in [0.1, 0.15) is 5.58 Å². The lowest BCUT2D eigenvalue weighted by atomic mass is 10.0. The Morgan fingerprint density at radius 2 is 1.95 bits per heavy atom. The minimum Gasteiger partial charge on any atom is -0.422 e. The highest BCUT2D eigenvalue weighted by atomic mass is 16.4. The highest BCUT2D eigenvalue weighted by molar-refractivity contribution is 5.84. The van der Waals surface area contributed by atoms with Crippen molar-refractivity contribution >= 4 is 16.7 Å². The van der Waals surface area contributed by atoms with Crippen molar-refractivity contribution in [3.8, 4) is 0 Å². The normalized spacial score (nSPS) is 10.9. The molecule has 1 radical (unpaired) electrons. The van der Waals surface area contributed by atoms with Crippen molar-refractivity contribution in [1.82, 2.24) is 0 Å². The summed E-state index contributed by atoms with van der Waals surface area (Å²) in [5.74, 6) is 0. The van der Waals surface area contributed by atoms with Gasteiger partial charge < -0.3 is 9.32 Å². The second kappa shape index (κ2) is 5.47. The van der Waals surface area contributed by atoms with Crippen LogP contribution in [0.5, 0.6) is 0 Å². The first-order chi connectivity index (χ1) is 9.12. The number of hydrogen-bond donors (Lipinski definition) is 0. The van der Waals surface area contributed by atoms with Gasteiger partial charge in [0.25, 0.3) is 0 Å². The molecule has 101 valence electrons. The Labute approximate surface area is 113 Å². The fraction of sp³-hybridized carbons (Fsp3) is 0.375. The smallest absolute Gasteiger partial charge is 0.339 e. The number of rotatable bonds is 4. The standard InChI is InChI=1S/C16H20NO2/c1-5-13-11(4)14-9-8-12(17(6-2)7-3)10-15(14)19-16(13)18/h8-10H,1,5-7H2,2-4H3. The summed E-state index contributed by atoms with van der Waals surface area (Å²) in [7, 11) is 0. The Kier molecular flexibility index (Phi) is 3.93. The third kappa shape index (κ3) is 2.37. The van der Waals surface area contributed by atoms with Crippen LogP contribution in [0.4, 0.5) is 5.69 Å². The van der Waals surface area contributed by atoms with Crippen molar-refractivity contribution in [3.05, 3.63) is 46.7 Å². The van der Waals surface area contributed by atoms with E-state index in [9.17, 15) is 4.79 Å². The van der Waals surface area contributed by atoms with E-state index in [0.717, 1.165) is 29.7 Å². The molecule has 19 heavy (non-hydrogen) atoms. The van der Waals surface area contributed by atoms with Crippen LogP contribution in [0.15, 0.2) is 27.4 Å². The van der Waals surface area contributed by atoms with E-state index in [4.69, 9.17) is 4.42 Å². The van der Waals surface area contributed by atoms with Crippen molar-refractivity contribution in [1.29, 1.82) is 0 Å². The Morgan fingerprint density at radius 3 is 2.53 bits per heavy atom. The second-order valence-corrected chi connectivity index (χ2v) is 4.60. The molecule has 0 fully saturated rings. The van der Waals surface area contributed by atoms with Crippen LogP contribution in [0, 0.1) is 13.8 Å². The van der Waals surface area contributed by atoms with Gasteiger partial charge in [-0.3, -0.25) is 0 Å². The van der Waals surface area contributed by atoms with Gasteiger partial charge in [-0.2, -0.15) is 0 Å². The van der Waals surface area contributed by atoms with Gasteiger partial charge in [0.15, 0.2) is 0 Å². The molecule has 0 aliphatic heterocycles. The molecule has 0 saturated heterocycles. The van der Waals surface area contributed by atoms with Gasteiger partial charge in [-0.15, -0.1) is 0 Å². The molecule has 0 unspecified atom stereocenters. The van der Waals surface area contributed by atoms with Gasteiger partial charge in [0.2, 0.25) is 0 Å². The molecular weight excluding hydrogens is 238 g/mol. The zero-order chi connectivity index (χ0) is 14.0. The van der Waals surface area contributed by atoms with Gasteiger partial charge in [0, 0.05) is 35.8 Å². The molecule has 3 heteroatoms. The zero-order valence-electron chi connectivity index (χ0n) is 11.8. The van der Waals surface area contributed by atoms with Crippen LogP contribution in [0.3, 0.4) is 0 Å². The zero-order valence-corrected chi connectivity index (χ0v) is 11.8. The molecule has 3 nitrogen and oxygen atoms in total. The van der Waals surface area contributed by atoms with Gasteiger partial charge >= 0.3 is 5.63 Å². The summed E-state index contributed by atoms with van der Waals surface area (Å²) in [6.07, 6.45) is 0.460. The summed E-state index contributed by atoms with van der Waals surface area (Å²) < 4.78 is 5.42. The topological polar surface area (TPSA) is 33.5 Å². The fourth-order valence-electron chi connectivity index (χ4n) is 2.46. The second-order valence-electron chi connectivity index (χ2n) is 4.60. The van der Waals surface area contributed by atoms with E-state index in [-0.39, 0.29) is 5.63 Å². The third-order valence-corrected chi connectivity index (χ3v) is 3.65. The van der Waals surface area contributed by atoms with Crippen molar-refractivity contribution in [2.24, 2.45) is 0 Å². The molecule has 1 heterocycles. The van der Waals surface area contributed by atoms with Crippen LogP contribution in [-0.4, -0.2) is 13.1 Å². The molecule has 0 bridgehead atoms. The number of hydrogen-bond acceptors (Lipinski definition) is 3. The van der Waals surface area contributed by atoms with Crippen LogP contribution in [-0.2, 0) is 6.42 Å². The lowest BCUT2D eigenvalue weighted by molar-refractivity contribution is 0.551. The van der Waals surface area contributed by atoms with E-state index < -0.39 is 0 Å². The van der Waals surface area contributed by atoms with Crippen LogP contribution in [0.25, 0.3) is 11.0 Å². The highest BCUT2D eigenvalue weighted by Crippen LogP contribution is 2.25. The number of benzene rings is 1. The number of anilines is 1. The molecule has 0 atom stereocenters. The molecule has 2 rings (SSSR count). The monoisotopic (exact) mass is 258 g/mol. The molecule has 1 aromatic heterocycles. The SMILES string of the molecule is [CH2]Cc1c(C)c2ccc(N(CC)CC)cc2oc1=O. The first-order valence-corrected chi connectivity index (χ1v) is 6.72. The van der Waals surface area contributed by atoms with Crippen molar-refractivity contribution in [3.63, 3.8) is 0 Å². The molecule has 0 aliphatic rings. The lowest BCUT2D eigenvalue weighted by Gasteiger charge is -2.21. The molecule has 0 aliphatic carbocycles. The maximum atomic E-state index is 11.9. The van der Waals surface area contributed by atoms with Gasteiger partial charge in [-0.1, -0.05) is 0 Å². The lowest BCUT2D eigenvalue weighted by Crippen LogP contribution is -2.21. The number of fused-ring (bicyclic) bond motifs is 1. The van der Waals surface area contributed by atoms with Gasteiger partial charge in [-0.05, 0) is 51.8 Å². The van der Waals surface area contributed by atoms with Crippen molar-refractivity contribution in [2.75, 3.05) is 18.0 Å².